The first kappa shape index (κ1) is 14.4. The van der Waals surface area contributed by atoms with E-state index in [9.17, 15) is 0 Å². The van der Waals surface area contributed by atoms with Gasteiger partial charge in [-0.25, -0.2) is 0 Å². The Hall–Kier alpha value is -0.521. The van der Waals surface area contributed by atoms with Crippen LogP contribution in [0.15, 0.2) is 60.7 Å². The molecule has 1 aliphatic carbocycles. The third-order valence-corrected chi connectivity index (χ3v) is 10.5. The molecule has 0 aromatic heterocycles. The first-order chi connectivity index (χ1) is 9.92. The fourth-order valence-corrected chi connectivity index (χ4v) is 9.08. The van der Waals surface area contributed by atoms with Crippen LogP contribution in [0.3, 0.4) is 0 Å². The average molecular weight is 394 g/mol. The average Bonchev–Trinajstić information content (AvgIpc) is 2.51. The van der Waals surface area contributed by atoms with E-state index in [1.807, 2.05) is 0 Å². The molecule has 1 aliphatic rings. The molecule has 3 rings (SSSR count). The van der Waals surface area contributed by atoms with Crippen LogP contribution in [0.2, 0.25) is 9.63 Å². The zero-order chi connectivity index (χ0) is 13.6. The van der Waals surface area contributed by atoms with E-state index in [2.05, 4.69) is 60.7 Å². The van der Waals surface area contributed by atoms with Crippen molar-refractivity contribution < 1.29 is 0 Å². The second-order valence-corrected chi connectivity index (χ2v) is 10.7. The van der Waals surface area contributed by atoms with Gasteiger partial charge in [0.2, 0.25) is 0 Å². The molecule has 1 saturated carbocycles. The zero-order valence-corrected chi connectivity index (χ0v) is 15.0. The summed E-state index contributed by atoms with van der Waals surface area (Å²) in [4.78, 5) is 1.91. The van der Waals surface area contributed by atoms with Gasteiger partial charge in [0.05, 0.1) is 0 Å². The summed E-state index contributed by atoms with van der Waals surface area (Å²) >= 11 is 1.31. The van der Waals surface area contributed by atoms with E-state index in [0.717, 1.165) is 9.63 Å². The Bertz CT molecular complexity index is 460. The molecule has 0 aliphatic heterocycles. The molecule has 0 unspecified atom stereocenters. The van der Waals surface area contributed by atoms with Gasteiger partial charge in [0.25, 0.3) is 0 Å². The third kappa shape index (κ3) is 3.99. The summed E-state index contributed by atoms with van der Waals surface area (Å²) in [5.74, 6) is 0. The molecule has 0 radical (unpaired) electrons. The Morgan fingerprint density at radius 1 is 0.600 bits per heavy atom. The predicted octanol–water partition coefficient (Wildman–Crippen LogP) is 3.20. The standard InChI is InChI=1S/C18H20Se2/c1-3-9-15(10-4-1)19-17-13-7-8-14-18(17)20-16-11-5-2-6-12-16/h1-6,9-12,17-18H,7-8,13-14H2/t17-,18-/m0/s1. The van der Waals surface area contributed by atoms with Crippen molar-refractivity contribution in [3.63, 3.8) is 0 Å². The summed E-state index contributed by atoms with van der Waals surface area (Å²) < 4.78 is 3.17. The van der Waals surface area contributed by atoms with E-state index in [0.29, 0.717) is 29.9 Å². The van der Waals surface area contributed by atoms with Crippen molar-refractivity contribution in [3.8, 4) is 0 Å². The van der Waals surface area contributed by atoms with Gasteiger partial charge < -0.3 is 0 Å². The SMILES string of the molecule is c1ccc([Se][C@H]2CCCC[C@@H]2[Se]c2ccccc2)cc1. The van der Waals surface area contributed by atoms with Gasteiger partial charge in [0, 0.05) is 0 Å². The summed E-state index contributed by atoms with van der Waals surface area (Å²) in [6.07, 6.45) is 5.80. The Labute approximate surface area is 134 Å². The molecule has 0 N–H and O–H groups in total. The van der Waals surface area contributed by atoms with E-state index in [1.54, 1.807) is 8.92 Å². The van der Waals surface area contributed by atoms with E-state index >= 15 is 0 Å². The fourth-order valence-electron chi connectivity index (χ4n) is 2.68. The number of rotatable bonds is 4. The molecule has 0 bridgehead atoms. The van der Waals surface area contributed by atoms with Crippen LogP contribution < -0.4 is 8.92 Å². The van der Waals surface area contributed by atoms with Crippen LogP contribution in [-0.4, -0.2) is 29.9 Å². The summed E-state index contributed by atoms with van der Waals surface area (Å²) in [5, 5.41) is 0. The first-order valence-electron chi connectivity index (χ1n) is 7.35. The quantitative estimate of drug-likeness (QED) is 0.699. The normalized spacial score (nSPS) is 22.6. The van der Waals surface area contributed by atoms with Crippen molar-refractivity contribution >= 4 is 38.8 Å². The molecule has 1 fully saturated rings. The molecule has 104 valence electrons. The maximum absolute atomic E-state index is 2.32. The molecule has 2 aromatic rings. The minimum atomic E-state index is 0.656. The van der Waals surface area contributed by atoms with Crippen LogP contribution in [0.1, 0.15) is 25.7 Å². The molecular weight excluding hydrogens is 374 g/mol. The van der Waals surface area contributed by atoms with Crippen molar-refractivity contribution in [1.29, 1.82) is 0 Å². The molecule has 2 heteroatoms. The first-order valence-corrected chi connectivity index (χ1v) is 11.0. The molecule has 0 amide bonds. The van der Waals surface area contributed by atoms with Gasteiger partial charge in [-0.2, -0.15) is 0 Å². The molecule has 0 spiro atoms. The molecule has 2 aromatic carbocycles. The second-order valence-electron chi connectivity index (χ2n) is 5.22. The summed E-state index contributed by atoms with van der Waals surface area (Å²) in [6, 6.07) is 22.3. The molecule has 20 heavy (non-hydrogen) atoms. The van der Waals surface area contributed by atoms with E-state index < -0.39 is 0 Å². The monoisotopic (exact) mass is 396 g/mol. The van der Waals surface area contributed by atoms with Crippen molar-refractivity contribution in [1.82, 2.24) is 0 Å². The summed E-state index contributed by atoms with van der Waals surface area (Å²) in [6.45, 7) is 0. The van der Waals surface area contributed by atoms with Crippen LogP contribution in [0.25, 0.3) is 0 Å². The molecule has 0 saturated heterocycles. The number of hydrogen-bond donors (Lipinski definition) is 0. The number of benzene rings is 2. The third-order valence-electron chi connectivity index (χ3n) is 3.70. The van der Waals surface area contributed by atoms with Crippen LogP contribution in [-0.2, 0) is 0 Å². The van der Waals surface area contributed by atoms with Gasteiger partial charge in [-0.3, -0.25) is 0 Å². The van der Waals surface area contributed by atoms with Crippen LogP contribution in [0.4, 0.5) is 0 Å². The van der Waals surface area contributed by atoms with Gasteiger partial charge >= 0.3 is 135 Å². The van der Waals surface area contributed by atoms with Crippen molar-refractivity contribution in [2.75, 3.05) is 0 Å². The van der Waals surface area contributed by atoms with Gasteiger partial charge in [-0.1, -0.05) is 0 Å². The van der Waals surface area contributed by atoms with Crippen molar-refractivity contribution in [3.05, 3.63) is 60.7 Å². The zero-order valence-electron chi connectivity index (χ0n) is 11.6. The van der Waals surface area contributed by atoms with E-state index in [-0.39, 0.29) is 0 Å². The predicted molar refractivity (Wildman–Crippen MR) is 89.6 cm³/mol. The van der Waals surface area contributed by atoms with Gasteiger partial charge in [0.15, 0.2) is 0 Å². The number of hydrogen-bond acceptors (Lipinski definition) is 0. The Kier molecular flexibility index (Phi) is 5.39. The Morgan fingerprint density at radius 2 is 1.00 bits per heavy atom. The molecular formula is C18H20Se2. The topological polar surface area (TPSA) is 0 Å². The molecule has 2 atom stereocenters. The Morgan fingerprint density at radius 3 is 1.40 bits per heavy atom. The molecule has 0 heterocycles. The van der Waals surface area contributed by atoms with Crippen LogP contribution in [0.5, 0.6) is 0 Å². The van der Waals surface area contributed by atoms with Gasteiger partial charge in [-0.05, 0) is 0 Å². The summed E-state index contributed by atoms with van der Waals surface area (Å²) in [7, 11) is 0. The minimum absolute atomic E-state index is 0.656. The fraction of sp³-hybridized carbons (Fsp3) is 0.333. The molecule has 0 nitrogen and oxygen atoms in total. The van der Waals surface area contributed by atoms with Crippen LogP contribution >= 0.6 is 0 Å². The van der Waals surface area contributed by atoms with Gasteiger partial charge in [-0.15, -0.1) is 0 Å². The van der Waals surface area contributed by atoms with Crippen molar-refractivity contribution in [2.24, 2.45) is 0 Å². The maximum atomic E-state index is 2.32. The van der Waals surface area contributed by atoms with E-state index in [4.69, 9.17) is 0 Å². The van der Waals surface area contributed by atoms with Crippen molar-refractivity contribution in [2.45, 2.75) is 35.3 Å². The van der Waals surface area contributed by atoms with Crippen LogP contribution in [0, 0.1) is 0 Å². The van der Waals surface area contributed by atoms with E-state index in [1.165, 1.54) is 25.7 Å². The second kappa shape index (κ2) is 7.48. The summed E-state index contributed by atoms with van der Waals surface area (Å²) in [5.41, 5.74) is 0. The Balaban J connectivity index is 1.68. The van der Waals surface area contributed by atoms with Gasteiger partial charge in [0.1, 0.15) is 0 Å².